The molecule has 5 nitrogen and oxygen atoms in total. The van der Waals surface area contributed by atoms with Gasteiger partial charge in [0.05, 0.1) is 12.6 Å². The first-order valence-electron chi connectivity index (χ1n) is 6.83. The van der Waals surface area contributed by atoms with Crippen molar-refractivity contribution < 1.29 is 14.0 Å². The highest BCUT2D eigenvalue weighted by atomic mass is 19.1. The first kappa shape index (κ1) is 17.1. The first-order valence-corrected chi connectivity index (χ1v) is 6.83. The maximum Gasteiger partial charge on any atom is 0.242 e. The van der Waals surface area contributed by atoms with Gasteiger partial charge in [-0.15, -0.1) is 0 Å². The van der Waals surface area contributed by atoms with Crippen molar-refractivity contribution >= 4 is 11.8 Å². The van der Waals surface area contributed by atoms with Gasteiger partial charge in [-0.25, -0.2) is 4.39 Å². The molecule has 0 unspecified atom stereocenters. The fourth-order valence-corrected chi connectivity index (χ4v) is 1.67. The topological polar surface area (TPSA) is 75.4 Å². The van der Waals surface area contributed by atoms with Crippen molar-refractivity contribution in [1.82, 2.24) is 10.2 Å². The fraction of sp³-hybridized carbons (Fsp3) is 0.467. The second kappa shape index (κ2) is 7.73. The lowest BCUT2D eigenvalue weighted by Gasteiger charge is -2.19. The van der Waals surface area contributed by atoms with Gasteiger partial charge in [0.1, 0.15) is 5.82 Å². The van der Waals surface area contributed by atoms with Crippen molar-refractivity contribution in [1.29, 1.82) is 0 Å². The standard InChI is InChI=1S/C15H22FN3O2/c1-10(2)14(17)15(21)18-8-13(20)19(3)9-11-4-6-12(16)7-5-11/h4-7,10,14H,8-9,17H2,1-3H3,(H,18,21)/t14-/m0/s1. The number of nitrogens with zero attached hydrogens (tertiary/aromatic N) is 1. The number of benzene rings is 1. The largest absolute Gasteiger partial charge is 0.346 e. The van der Waals surface area contributed by atoms with Gasteiger partial charge in [0.2, 0.25) is 11.8 Å². The second-order valence-electron chi connectivity index (χ2n) is 5.36. The summed E-state index contributed by atoms with van der Waals surface area (Å²) < 4.78 is 12.8. The number of carbonyl (C=O) groups excluding carboxylic acids is 2. The molecular formula is C15H22FN3O2. The van der Waals surface area contributed by atoms with Crippen molar-refractivity contribution in [2.45, 2.75) is 26.4 Å². The predicted molar refractivity (Wildman–Crippen MR) is 78.7 cm³/mol. The highest BCUT2D eigenvalue weighted by Crippen LogP contribution is 2.05. The van der Waals surface area contributed by atoms with E-state index in [1.807, 2.05) is 13.8 Å². The summed E-state index contributed by atoms with van der Waals surface area (Å²) >= 11 is 0. The molecule has 0 fully saturated rings. The lowest BCUT2D eigenvalue weighted by molar-refractivity contribution is -0.132. The minimum absolute atomic E-state index is 0.0112. The maximum absolute atomic E-state index is 12.8. The van der Waals surface area contributed by atoms with E-state index >= 15 is 0 Å². The van der Waals surface area contributed by atoms with Crippen LogP contribution in [0.25, 0.3) is 0 Å². The monoisotopic (exact) mass is 295 g/mol. The zero-order valence-corrected chi connectivity index (χ0v) is 12.6. The Labute approximate surface area is 124 Å². The summed E-state index contributed by atoms with van der Waals surface area (Å²) in [6, 6.07) is 5.30. The van der Waals surface area contributed by atoms with Gasteiger partial charge in [-0.2, -0.15) is 0 Å². The molecule has 0 bridgehead atoms. The van der Waals surface area contributed by atoms with Crippen LogP contribution in [-0.4, -0.2) is 36.3 Å². The number of carbonyl (C=O) groups is 2. The lowest BCUT2D eigenvalue weighted by Crippen LogP contribution is -2.47. The van der Waals surface area contributed by atoms with Gasteiger partial charge in [0, 0.05) is 13.6 Å². The van der Waals surface area contributed by atoms with E-state index in [9.17, 15) is 14.0 Å². The number of hydrogen-bond acceptors (Lipinski definition) is 3. The Bertz CT molecular complexity index is 488. The Balaban J connectivity index is 2.44. The van der Waals surface area contributed by atoms with Gasteiger partial charge >= 0.3 is 0 Å². The summed E-state index contributed by atoms with van der Waals surface area (Å²) in [6.07, 6.45) is 0. The van der Waals surface area contributed by atoms with Crippen LogP contribution in [0.3, 0.4) is 0 Å². The molecule has 21 heavy (non-hydrogen) atoms. The van der Waals surface area contributed by atoms with Gasteiger partial charge < -0.3 is 16.0 Å². The molecule has 0 spiro atoms. The van der Waals surface area contributed by atoms with E-state index in [2.05, 4.69) is 5.32 Å². The third-order valence-corrected chi connectivity index (χ3v) is 3.19. The van der Waals surface area contributed by atoms with Crippen molar-refractivity contribution in [3.63, 3.8) is 0 Å². The Morgan fingerprint density at radius 2 is 1.86 bits per heavy atom. The van der Waals surface area contributed by atoms with E-state index in [-0.39, 0.29) is 30.1 Å². The first-order chi connectivity index (χ1) is 9.81. The van der Waals surface area contributed by atoms with E-state index in [1.165, 1.54) is 17.0 Å². The van der Waals surface area contributed by atoms with Crippen molar-refractivity contribution in [2.75, 3.05) is 13.6 Å². The number of halogens is 1. The highest BCUT2D eigenvalue weighted by molar-refractivity contribution is 5.87. The molecule has 1 aromatic rings. The fourth-order valence-electron chi connectivity index (χ4n) is 1.67. The number of likely N-dealkylation sites (N-methyl/N-ethyl adjacent to an activating group) is 1. The van der Waals surface area contributed by atoms with Crippen molar-refractivity contribution in [2.24, 2.45) is 11.7 Å². The summed E-state index contributed by atoms with van der Waals surface area (Å²) in [5, 5.41) is 2.52. The number of hydrogen-bond donors (Lipinski definition) is 2. The van der Waals surface area contributed by atoms with Crippen molar-refractivity contribution in [3.8, 4) is 0 Å². The Morgan fingerprint density at radius 3 is 2.38 bits per heavy atom. The van der Waals surface area contributed by atoms with Crippen LogP contribution in [0, 0.1) is 11.7 Å². The van der Waals surface area contributed by atoms with Crippen LogP contribution in [-0.2, 0) is 16.1 Å². The molecule has 0 aromatic heterocycles. The molecular weight excluding hydrogens is 273 g/mol. The normalized spacial score (nSPS) is 12.1. The van der Waals surface area contributed by atoms with E-state index in [0.29, 0.717) is 6.54 Å². The third-order valence-electron chi connectivity index (χ3n) is 3.19. The lowest BCUT2D eigenvalue weighted by atomic mass is 10.1. The van der Waals surface area contributed by atoms with E-state index in [0.717, 1.165) is 5.56 Å². The molecule has 6 heteroatoms. The summed E-state index contributed by atoms with van der Waals surface area (Å²) in [5.74, 6) is -0.878. The molecule has 0 saturated heterocycles. The quantitative estimate of drug-likeness (QED) is 0.818. The molecule has 116 valence electrons. The number of nitrogens with two attached hydrogens (primary N) is 1. The number of rotatable bonds is 6. The molecule has 0 aliphatic carbocycles. The second-order valence-corrected chi connectivity index (χ2v) is 5.36. The van der Waals surface area contributed by atoms with Crippen LogP contribution in [0.4, 0.5) is 4.39 Å². The predicted octanol–water partition coefficient (Wildman–Crippen LogP) is 0.884. The molecule has 2 amide bonds. The van der Waals surface area contributed by atoms with Crippen LogP contribution < -0.4 is 11.1 Å². The Morgan fingerprint density at radius 1 is 1.29 bits per heavy atom. The average molecular weight is 295 g/mol. The van der Waals surface area contributed by atoms with E-state index in [4.69, 9.17) is 5.73 Å². The summed E-state index contributed by atoms with van der Waals surface area (Å²) in [4.78, 5) is 25.0. The third kappa shape index (κ3) is 5.51. The molecule has 0 heterocycles. The zero-order chi connectivity index (χ0) is 16.0. The molecule has 1 aromatic carbocycles. The smallest absolute Gasteiger partial charge is 0.242 e. The van der Waals surface area contributed by atoms with Gasteiger partial charge in [-0.1, -0.05) is 26.0 Å². The van der Waals surface area contributed by atoms with Gasteiger partial charge in [-0.05, 0) is 23.6 Å². The van der Waals surface area contributed by atoms with Gasteiger partial charge in [0.15, 0.2) is 0 Å². The molecule has 0 aliphatic rings. The van der Waals surface area contributed by atoms with Gasteiger partial charge in [-0.3, -0.25) is 9.59 Å². The van der Waals surface area contributed by atoms with Crippen LogP contribution in [0.15, 0.2) is 24.3 Å². The zero-order valence-electron chi connectivity index (χ0n) is 12.6. The Kier molecular flexibility index (Phi) is 6.30. The number of amides is 2. The molecule has 0 radical (unpaired) electrons. The molecule has 1 rings (SSSR count). The number of nitrogens with one attached hydrogen (secondary N) is 1. The van der Waals surface area contributed by atoms with Crippen molar-refractivity contribution in [3.05, 3.63) is 35.6 Å². The summed E-state index contributed by atoms with van der Waals surface area (Å²) in [6.45, 7) is 3.93. The minimum atomic E-state index is -0.625. The molecule has 1 atom stereocenters. The summed E-state index contributed by atoms with van der Waals surface area (Å²) in [7, 11) is 1.63. The Hall–Kier alpha value is -1.95. The SMILES string of the molecule is CC(C)[C@H](N)C(=O)NCC(=O)N(C)Cc1ccc(F)cc1. The van der Waals surface area contributed by atoms with Crippen LogP contribution in [0.2, 0.25) is 0 Å². The van der Waals surface area contributed by atoms with Crippen LogP contribution >= 0.6 is 0 Å². The van der Waals surface area contributed by atoms with E-state index < -0.39 is 6.04 Å². The average Bonchev–Trinajstić information content (AvgIpc) is 2.45. The molecule has 0 aliphatic heterocycles. The van der Waals surface area contributed by atoms with Gasteiger partial charge in [0.25, 0.3) is 0 Å². The van der Waals surface area contributed by atoms with Crippen LogP contribution in [0.1, 0.15) is 19.4 Å². The molecule has 0 saturated carbocycles. The van der Waals surface area contributed by atoms with Crippen LogP contribution in [0.5, 0.6) is 0 Å². The summed E-state index contributed by atoms with van der Waals surface area (Å²) in [5.41, 5.74) is 6.50. The minimum Gasteiger partial charge on any atom is -0.346 e. The highest BCUT2D eigenvalue weighted by Gasteiger charge is 2.18. The molecule has 3 N–H and O–H groups in total. The van der Waals surface area contributed by atoms with E-state index in [1.54, 1.807) is 19.2 Å². The maximum atomic E-state index is 12.8.